The zero-order chi connectivity index (χ0) is 26.0. The molecule has 2 heterocycles. The summed E-state index contributed by atoms with van der Waals surface area (Å²) in [6.45, 7) is 20.1. The van der Waals surface area contributed by atoms with Crippen molar-refractivity contribution in [2.24, 2.45) is 11.8 Å². The second kappa shape index (κ2) is 13.7. The number of carbonyl (C=O) groups excluding carboxylic acids is 1. The van der Waals surface area contributed by atoms with Gasteiger partial charge in [0.05, 0.1) is 11.4 Å². The van der Waals surface area contributed by atoms with Gasteiger partial charge in [-0.2, -0.15) is 5.10 Å². The number of hydrogen-bond acceptors (Lipinski definition) is 3. The number of ketones is 1. The quantitative estimate of drug-likeness (QED) is 0.475. The van der Waals surface area contributed by atoms with Crippen LogP contribution in [0.25, 0.3) is 11.3 Å². The summed E-state index contributed by atoms with van der Waals surface area (Å²) in [6.07, 6.45) is 9.20. The lowest BCUT2D eigenvalue weighted by Gasteiger charge is -2.22. The maximum Gasteiger partial charge on any atom is 0.135 e. The van der Waals surface area contributed by atoms with Gasteiger partial charge in [0.1, 0.15) is 5.78 Å². The molecule has 1 aromatic heterocycles. The van der Waals surface area contributed by atoms with Crippen molar-refractivity contribution >= 4 is 5.78 Å². The maximum absolute atomic E-state index is 10.7. The van der Waals surface area contributed by atoms with Gasteiger partial charge in [0.2, 0.25) is 0 Å². The van der Waals surface area contributed by atoms with Crippen LogP contribution in [0.3, 0.4) is 0 Å². The van der Waals surface area contributed by atoms with E-state index in [9.17, 15) is 4.79 Å². The number of aryl methyl sites for hydroxylation is 2. The Morgan fingerprint density at radius 1 is 1.14 bits per heavy atom. The van der Waals surface area contributed by atoms with Gasteiger partial charge in [-0.1, -0.05) is 91.5 Å². The molecule has 1 atom stereocenters. The number of rotatable bonds is 5. The average Bonchev–Trinajstić information content (AvgIpc) is 3.45. The normalized spacial score (nSPS) is 18.1. The van der Waals surface area contributed by atoms with Crippen molar-refractivity contribution in [1.82, 2.24) is 15.1 Å². The molecule has 1 N–H and O–H groups in total. The van der Waals surface area contributed by atoms with Crippen molar-refractivity contribution < 1.29 is 4.79 Å². The Bertz CT molecular complexity index is 944. The van der Waals surface area contributed by atoms with Crippen molar-refractivity contribution in [3.8, 4) is 11.3 Å². The number of nitrogens with one attached hydrogen (secondary N) is 1. The van der Waals surface area contributed by atoms with Gasteiger partial charge in [0.15, 0.2) is 0 Å². The molecular weight excluding hydrogens is 430 g/mol. The van der Waals surface area contributed by atoms with Crippen LogP contribution in [0, 0.1) is 18.8 Å². The Kier molecular flexibility index (Phi) is 11.3. The van der Waals surface area contributed by atoms with E-state index in [0.717, 1.165) is 36.8 Å². The Morgan fingerprint density at radius 2 is 1.83 bits per heavy atom. The van der Waals surface area contributed by atoms with Crippen LogP contribution < -0.4 is 5.32 Å². The third-order valence-electron chi connectivity index (χ3n) is 7.07. The lowest BCUT2D eigenvalue weighted by atomic mass is 9.86. The first-order chi connectivity index (χ1) is 16.6. The minimum atomic E-state index is 0.179. The highest BCUT2D eigenvalue weighted by Crippen LogP contribution is 2.30. The summed E-state index contributed by atoms with van der Waals surface area (Å²) in [6, 6.07) is 11.2. The van der Waals surface area contributed by atoms with E-state index in [2.05, 4.69) is 74.6 Å². The minimum absolute atomic E-state index is 0.179. The van der Waals surface area contributed by atoms with Gasteiger partial charge in [-0.3, -0.25) is 9.48 Å². The molecule has 2 aliphatic rings. The molecule has 1 aliphatic heterocycles. The summed E-state index contributed by atoms with van der Waals surface area (Å²) >= 11 is 0. The van der Waals surface area contributed by atoms with Crippen LogP contribution in [0.2, 0.25) is 0 Å². The van der Waals surface area contributed by atoms with Crippen molar-refractivity contribution in [1.29, 1.82) is 0 Å². The number of allylic oxidation sites excluding steroid dienone is 1. The maximum atomic E-state index is 10.7. The molecule has 4 heteroatoms. The van der Waals surface area contributed by atoms with E-state index in [1.54, 1.807) is 6.92 Å². The van der Waals surface area contributed by atoms with E-state index in [-0.39, 0.29) is 17.1 Å². The van der Waals surface area contributed by atoms with Crippen LogP contribution in [0.1, 0.15) is 97.7 Å². The molecule has 0 spiro atoms. The first-order valence-corrected chi connectivity index (χ1v) is 13.7. The SMILES string of the molecule is C=C1C[C@@H](C(C)=O)CN1.CC.Cc1cc(-c2cccc(C(C)(C)C)c2)n(CCC2CCCCC2)n1. The van der Waals surface area contributed by atoms with Crippen LogP contribution in [-0.4, -0.2) is 22.1 Å². The third-order valence-corrected chi connectivity index (χ3v) is 7.07. The number of hydrogen-bond donors (Lipinski definition) is 1. The molecule has 0 radical (unpaired) electrons. The van der Waals surface area contributed by atoms with Crippen LogP contribution in [-0.2, 0) is 16.8 Å². The van der Waals surface area contributed by atoms with Crippen molar-refractivity contribution in [2.75, 3.05) is 6.54 Å². The van der Waals surface area contributed by atoms with Gasteiger partial charge in [-0.25, -0.2) is 0 Å². The molecule has 4 nitrogen and oxygen atoms in total. The first kappa shape index (κ1) is 28.9. The van der Waals surface area contributed by atoms with E-state index in [0.29, 0.717) is 0 Å². The molecule has 1 saturated carbocycles. The molecule has 35 heavy (non-hydrogen) atoms. The number of benzene rings is 1. The second-order valence-corrected chi connectivity index (χ2v) is 11.0. The number of carbonyl (C=O) groups is 1. The van der Waals surface area contributed by atoms with Gasteiger partial charge in [0.25, 0.3) is 0 Å². The van der Waals surface area contributed by atoms with Gasteiger partial charge in [-0.05, 0) is 55.7 Å². The molecule has 1 aromatic carbocycles. The van der Waals surface area contributed by atoms with E-state index < -0.39 is 0 Å². The fourth-order valence-electron chi connectivity index (χ4n) is 4.87. The Labute approximate surface area is 214 Å². The van der Waals surface area contributed by atoms with E-state index in [1.165, 1.54) is 55.3 Å². The molecule has 194 valence electrons. The predicted molar refractivity (Wildman–Crippen MR) is 150 cm³/mol. The van der Waals surface area contributed by atoms with Crippen molar-refractivity contribution in [3.05, 3.63) is 53.9 Å². The minimum Gasteiger partial charge on any atom is -0.388 e. The summed E-state index contributed by atoms with van der Waals surface area (Å²) in [5.41, 5.74) is 6.25. The van der Waals surface area contributed by atoms with Gasteiger partial charge in [0, 0.05) is 30.3 Å². The summed E-state index contributed by atoms with van der Waals surface area (Å²) < 4.78 is 2.24. The molecule has 2 fully saturated rings. The highest BCUT2D eigenvalue weighted by atomic mass is 16.1. The van der Waals surface area contributed by atoms with Crippen LogP contribution in [0.5, 0.6) is 0 Å². The van der Waals surface area contributed by atoms with Gasteiger partial charge in [-0.15, -0.1) is 0 Å². The smallest absolute Gasteiger partial charge is 0.135 e. The summed E-state index contributed by atoms with van der Waals surface area (Å²) in [4.78, 5) is 10.7. The molecule has 1 aliphatic carbocycles. The summed E-state index contributed by atoms with van der Waals surface area (Å²) in [5.74, 6) is 1.36. The number of Topliss-reactive ketones (excluding diaryl/α,β-unsaturated/α-hetero) is 1. The fourth-order valence-corrected chi connectivity index (χ4v) is 4.87. The molecule has 0 unspecified atom stereocenters. The molecule has 4 rings (SSSR count). The van der Waals surface area contributed by atoms with Crippen molar-refractivity contribution in [3.63, 3.8) is 0 Å². The lowest BCUT2D eigenvalue weighted by Crippen LogP contribution is -2.14. The predicted octanol–water partition coefficient (Wildman–Crippen LogP) is 7.85. The average molecular weight is 480 g/mol. The summed E-state index contributed by atoms with van der Waals surface area (Å²) in [7, 11) is 0. The summed E-state index contributed by atoms with van der Waals surface area (Å²) in [5, 5.41) is 7.82. The van der Waals surface area contributed by atoms with Crippen LogP contribution in [0.4, 0.5) is 0 Å². The molecule has 0 bridgehead atoms. The van der Waals surface area contributed by atoms with Crippen molar-refractivity contribution in [2.45, 2.75) is 105 Å². The molecular formula is C31H49N3O. The monoisotopic (exact) mass is 479 g/mol. The molecule has 0 amide bonds. The molecule has 2 aromatic rings. The number of nitrogens with zero attached hydrogens (tertiary/aromatic N) is 2. The lowest BCUT2D eigenvalue weighted by molar-refractivity contribution is -0.120. The second-order valence-electron chi connectivity index (χ2n) is 11.0. The first-order valence-electron chi connectivity index (χ1n) is 13.7. The highest BCUT2D eigenvalue weighted by molar-refractivity contribution is 5.79. The van der Waals surface area contributed by atoms with Crippen LogP contribution >= 0.6 is 0 Å². The largest absolute Gasteiger partial charge is 0.388 e. The van der Waals surface area contributed by atoms with E-state index in [1.807, 2.05) is 13.8 Å². The number of aromatic nitrogens is 2. The zero-order valence-electron chi connectivity index (χ0n) is 23.4. The Hall–Kier alpha value is -2.36. The zero-order valence-corrected chi connectivity index (χ0v) is 23.4. The Morgan fingerprint density at radius 3 is 2.37 bits per heavy atom. The van der Waals surface area contributed by atoms with Gasteiger partial charge < -0.3 is 5.32 Å². The highest BCUT2D eigenvalue weighted by Gasteiger charge is 2.21. The van der Waals surface area contributed by atoms with Gasteiger partial charge >= 0.3 is 0 Å². The Balaban J connectivity index is 0.000000329. The standard InChI is InChI=1S/C22H32N2.C7H11NO.C2H6/c1-17-15-21(19-11-8-12-20(16-19)22(2,3)4)24(23-17)14-13-18-9-6-5-7-10-18;1-5-3-7(4-8-5)6(2)9;1-2/h8,11-12,15-16,18H,5-7,9-10,13-14H2,1-4H3;7-8H,1,3-4H2,2H3;1-2H3/t;7-;/m.1./s1. The fraction of sp³-hybridized carbons (Fsp3) is 0.613. The molecule has 1 saturated heterocycles. The van der Waals surface area contributed by atoms with E-state index >= 15 is 0 Å². The topological polar surface area (TPSA) is 46.9 Å². The third kappa shape index (κ3) is 8.98. The van der Waals surface area contributed by atoms with Crippen LogP contribution in [0.15, 0.2) is 42.6 Å². The van der Waals surface area contributed by atoms with E-state index in [4.69, 9.17) is 5.10 Å².